The van der Waals surface area contributed by atoms with Gasteiger partial charge in [0.05, 0.1) is 10.5 Å². The monoisotopic (exact) mass is 446 g/mol. The molecular weight excluding hydrogens is 432 g/mol. The van der Waals surface area contributed by atoms with E-state index >= 15 is 0 Å². The van der Waals surface area contributed by atoms with Gasteiger partial charge >= 0.3 is 0 Å². The summed E-state index contributed by atoms with van der Waals surface area (Å²) in [5, 5.41) is 2.33. The van der Waals surface area contributed by atoms with E-state index in [1.165, 1.54) is 35.2 Å². The van der Waals surface area contributed by atoms with Crippen LogP contribution in [0, 0.1) is 0 Å². The Morgan fingerprint density at radius 1 is 0.714 bits per heavy atom. The molecule has 0 aromatic heterocycles. The molecule has 0 heterocycles. The Bertz CT molecular complexity index is 463. The van der Waals surface area contributed by atoms with Crippen molar-refractivity contribution in [3.8, 4) is 0 Å². The van der Waals surface area contributed by atoms with Gasteiger partial charge in [0.2, 0.25) is 0 Å². The van der Waals surface area contributed by atoms with Gasteiger partial charge in [-0.1, -0.05) is 92.5 Å². The zero-order valence-electron chi connectivity index (χ0n) is 11.3. The average molecular weight is 448 g/mol. The fourth-order valence-electron chi connectivity index (χ4n) is 1.79. The van der Waals surface area contributed by atoms with E-state index in [4.69, 9.17) is 3.63 Å². The second-order valence-corrected chi connectivity index (χ2v) is 7.73. The Balaban J connectivity index is 1.87. The molecule has 0 saturated heterocycles. The first-order chi connectivity index (χ1) is 10.3. The number of benzene rings is 2. The van der Waals surface area contributed by atoms with Gasteiger partial charge in [0.15, 0.2) is 0 Å². The second-order valence-electron chi connectivity index (χ2n) is 4.37. The summed E-state index contributed by atoms with van der Waals surface area (Å²) in [5.74, 6) is 0. The summed E-state index contributed by atoms with van der Waals surface area (Å²) in [6.45, 7) is 0. The normalized spacial score (nSPS) is 13.8. The molecular formula is C16H16Br2OS2. The van der Waals surface area contributed by atoms with E-state index in [2.05, 4.69) is 80.4 Å². The SMILES string of the molecule is BrCC(SOSC(CBr)c1ccccc1)c1ccccc1. The van der Waals surface area contributed by atoms with Crippen molar-refractivity contribution in [2.75, 3.05) is 10.7 Å². The molecule has 2 aromatic rings. The molecule has 0 spiro atoms. The van der Waals surface area contributed by atoms with Crippen molar-refractivity contribution in [2.24, 2.45) is 0 Å². The van der Waals surface area contributed by atoms with Gasteiger partial charge in [0.1, 0.15) is 0 Å². The smallest absolute Gasteiger partial charge is 0.0669 e. The fraction of sp³-hybridized carbons (Fsp3) is 0.250. The van der Waals surface area contributed by atoms with Gasteiger partial charge in [0.25, 0.3) is 0 Å². The lowest BCUT2D eigenvalue weighted by Crippen LogP contribution is -1.97. The molecule has 0 N–H and O–H groups in total. The third-order valence-electron chi connectivity index (χ3n) is 2.93. The molecule has 112 valence electrons. The van der Waals surface area contributed by atoms with Crippen LogP contribution in [0.2, 0.25) is 0 Å². The summed E-state index contributed by atoms with van der Waals surface area (Å²) in [5.41, 5.74) is 2.55. The van der Waals surface area contributed by atoms with Crippen LogP contribution in [0.3, 0.4) is 0 Å². The lowest BCUT2D eigenvalue weighted by Gasteiger charge is -2.16. The molecule has 0 aliphatic heterocycles. The van der Waals surface area contributed by atoms with Crippen LogP contribution in [0.15, 0.2) is 60.7 Å². The molecule has 2 unspecified atom stereocenters. The lowest BCUT2D eigenvalue weighted by molar-refractivity contribution is 0.735. The minimum atomic E-state index is 0.297. The van der Waals surface area contributed by atoms with Crippen LogP contribution in [0.1, 0.15) is 21.6 Å². The number of rotatable bonds is 8. The molecule has 0 amide bonds. The molecule has 21 heavy (non-hydrogen) atoms. The maximum Gasteiger partial charge on any atom is 0.0669 e. The Hall–Kier alpha value is 0.0600. The molecule has 0 aliphatic carbocycles. The maximum atomic E-state index is 5.82. The third-order valence-corrected chi connectivity index (χ3v) is 7.06. The van der Waals surface area contributed by atoms with Crippen molar-refractivity contribution >= 4 is 55.9 Å². The van der Waals surface area contributed by atoms with Crippen LogP contribution < -0.4 is 0 Å². The summed E-state index contributed by atoms with van der Waals surface area (Å²) in [4.78, 5) is 0. The summed E-state index contributed by atoms with van der Waals surface area (Å²) >= 11 is 10.1. The van der Waals surface area contributed by atoms with Crippen LogP contribution in [0.25, 0.3) is 0 Å². The number of halogens is 2. The fourth-order valence-corrected chi connectivity index (χ4v) is 4.77. The Kier molecular flexibility index (Phi) is 8.25. The Morgan fingerprint density at radius 3 is 1.43 bits per heavy atom. The molecule has 2 rings (SSSR count). The Labute approximate surface area is 151 Å². The molecule has 0 radical (unpaired) electrons. The van der Waals surface area contributed by atoms with E-state index < -0.39 is 0 Å². The minimum Gasteiger partial charge on any atom is -0.246 e. The predicted molar refractivity (Wildman–Crippen MR) is 102 cm³/mol. The largest absolute Gasteiger partial charge is 0.246 e. The summed E-state index contributed by atoms with van der Waals surface area (Å²) < 4.78 is 5.82. The molecule has 0 aliphatic rings. The van der Waals surface area contributed by atoms with Crippen molar-refractivity contribution in [2.45, 2.75) is 10.5 Å². The first kappa shape index (κ1) is 17.4. The minimum absolute atomic E-state index is 0.297. The topological polar surface area (TPSA) is 9.23 Å². The molecule has 5 heteroatoms. The van der Waals surface area contributed by atoms with Gasteiger partial charge in [-0.25, -0.2) is 3.63 Å². The maximum absolute atomic E-state index is 5.82. The molecule has 0 fully saturated rings. The molecule has 1 nitrogen and oxygen atoms in total. The third kappa shape index (κ3) is 5.64. The van der Waals surface area contributed by atoms with Crippen molar-refractivity contribution in [1.82, 2.24) is 0 Å². The van der Waals surface area contributed by atoms with E-state index in [0.717, 1.165) is 10.7 Å². The van der Waals surface area contributed by atoms with Gasteiger partial charge in [-0.3, -0.25) is 0 Å². The van der Waals surface area contributed by atoms with Gasteiger partial charge in [0, 0.05) is 34.7 Å². The highest BCUT2D eigenvalue weighted by Crippen LogP contribution is 2.39. The second kappa shape index (κ2) is 9.95. The summed E-state index contributed by atoms with van der Waals surface area (Å²) in [7, 11) is 0. The van der Waals surface area contributed by atoms with Crippen molar-refractivity contribution in [1.29, 1.82) is 0 Å². The summed E-state index contributed by atoms with van der Waals surface area (Å²) in [6.07, 6.45) is 0. The standard InChI is InChI=1S/C16H16Br2OS2/c17-11-15(13-7-3-1-4-8-13)20-19-21-16(12-18)14-9-5-2-6-10-14/h1-10,15-16H,11-12H2. The first-order valence-corrected chi connectivity index (χ1v) is 10.4. The van der Waals surface area contributed by atoms with Crippen molar-refractivity contribution in [3.05, 3.63) is 71.8 Å². The quantitative estimate of drug-likeness (QED) is 0.334. The number of hydrogen-bond donors (Lipinski definition) is 0. The summed E-state index contributed by atoms with van der Waals surface area (Å²) in [6, 6.07) is 20.8. The number of alkyl halides is 2. The number of hydrogen-bond acceptors (Lipinski definition) is 3. The van der Waals surface area contributed by atoms with Gasteiger partial charge in [-0.2, -0.15) is 0 Å². The van der Waals surface area contributed by atoms with E-state index in [1.54, 1.807) is 0 Å². The van der Waals surface area contributed by atoms with E-state index in [9.17, 15) is 0 Å². The van der Waals surface area contributed by atoms with Crippen LogP contribution in [-0.4, -0.2) is 10.7 Å². The van der Waals surface area contributed by atoms with E-state index in [0.29, 0.717) is 10.5 Å². The highest BCUT2D eigenvalue weighted by Gasteiger charge is 2.15. The van der Waals surface area contributed by atoms with Crippen molar-refractivity contribution < 1.29 is 3.63 Å². The zero-order chi connectivity index (χ0) is 14.9. The lowest BCUT2D eigenvalue weighted by atomic mass is 10.2. The Morgan fingerprint density at radius 2 is 1.10 bits per heavy atom. The van der Waals surface area contributed by atoms with Crippen LogP contribution in [0.4, 0.5) is 0 Å². The molecule has 0 saturated carbocycles. The predicted octanol–water partition coefficient (Wildman–Crippen LogP) is 6.57. The molecule has 0 bridgehead atoms. The zero-order valence-corrected chi connectivity index (χ0v) is 16.1. The molecule has 2 atom stereocenters. The van der Waals surface area contributed by atoms with Gasteiger partial charge < -0.3 is 0 Å². The molecule has 2 aromatic carbocycles. The van der Waals surface area contributed by atoms with E-state index in [-0.39, 0.29) is 0 Å². The highest BCUT2D eigenvalue weighted by atomic mass is 79.9. The van der Waals surface area contributed by atoms with Gasteiger partial charge in [-0.05, 0) is 11.1 Å². The van der Waals surface area contributed by atoms with Crippen LogP contribution in [-0.2, 0) is 3.63 Å². The average Bonchev–Trinajstić information content (AvgIpc) is 2.57. The van der Waals surface area contributed by atoms with E-state index in [1.807, 2.05) is 12.1 Å². The van der Waals surface area contributed by atoms with Crippen LogP contribution >= 0.6 is 55.9 Å². The van der Waals surface area contributed by atoms with Crippen LogP contribution in [0.5, 0.6) is 0 Å². The highest BCUT2D eigenvalue weighted by molar-refractivity contribution is 9.09. The van der Waals surface area contributed by atoms with Gasteiger partial charge in [-0.15, -0.1) is 0 Å². The van der Waals surface area contributed by atoms with Crippen molar-refractivity contribution in [3.63, 3.8) is 0 Å². The first-order valence-electron chi connectivity index (χ1n) is 6.55.